The summed E-state index contributed by atoms with van der Waals surface area (Å²) in [5, 5.41) is 1.72. The molecule has 0 spiro atoms. The van der Waals surface area contributed by atoms with Gasteiger partial charge in [-0.15, -0.1) is 0 Å². The molecule has 1 heterocycles. The third kappa shape index (κ3) is 3.07. The lowest BCUT2D eigenvalue weighted by molar-refractivity contribution is 0.102. The molecule has 0 radical (unpaired) electrons. The lowest BCUT2D eigenvalue weighted by Crippen LogP contribution is -2.04. The van der Waals surface area contributed by atoms with Crippen LogP contribution in [-0.4, -0.2) is 21.1 Å². The molecule has 3 nitrogen and oxygen atoms in total. The zero-order valence-electron chi connectivity index (χ0n) is 9.56. The summed E-state index contributed by atoms with van der Waals surface area (Å²) < 4.78 is 1.86. The maximum absolute atomic E-state index is 12.0. The summed E-state index contributed by atoms with van der Waals surface area (Å²) >= 11 is 13.2. The van der Waals surface area contributed by atoms with E-state index in [0.29, 0.717) is 15.6 Å². The Morgan fingerprint density at radius 1 is 1.44 bits per heavy atom. The third-order valence-electron chi connectivity index (χ3n) is 2.34. The van der Waals surface area contributed by atoms with Crippen molar-refractivity contribution in [3.8, 4) is 0 Å². The number of imidazole rings is 1. The fraction of sp³-hybridized carbons (Fsp3) is 0.167. The topological polar surface area (TPSA) is 34.9 Å². The summed E-state index contributed by atoms with van der Waals surface area (Å²) in [4.78, 5) is 16.2. The van der Waals surface area contributed by atoms with Crippen LogP contribution in [-0.2, 0) is 7.05 Å². The van der Waals surface area contributed by atoms with E-state index in [-0.39, 0.29) is 11.5 Å². The summed E-state index contributed by atoms with van der Waals surface area (Å²) in [5.41, 5.74) is 0.450. The van der Waals surface area contributed by atoms with Gasteiger partial charge in [-0.2, -0.15) is 0 Å². The van der Waals surface area contributed by atoms with Gasteiger partial charge in [0.1, 0.15) is 0 Å². The van der Waals surface area contributed by atoms with Crippen LogP contribution in [0.5, 0.6) is 0 Å². The van der Waals surface area contributed by atoms with Gasteiger partial charge in [0.2, 0.25) is 0 Å². The van der Waals surface area contributed by atoms with E-state index >= 15 is 0 Å². The van der Waals surface area contributed by atoms with Gasteiger partial charge in [-0.05, 0) is 18.2 Å². The zero-order chi connectivity index (χ0) is 13.1. The summed E-state index contributed by atoms with van der Waals surface area (Å²) in [6, 6.07) is 4.88. The van der Waals surface area contributed by atoms with Gasteiger partial charge < -0.3 is 4.57 Å². The molecule has 0 bridgehead atoms. The Morgan fingerprint density at radius 3 is 2.89 bits per heavy atom. The highest BCUT2D eigenvalue weighted by molar-refractivity contribution is 7.99. The van der Waals surface area contributed by atoms with Gasteiger partial charge in [0, 0.05) is 30.0 Å². The maximum atomic E-state index is 12.0. The molecule has 0 unspecified atom stereocenters. The monoisotopic (exact) mass is 300 g/mol. The van der Waals surface area contributed by atoms with Gasteiger partial charge in [0.15, 0.2) is 10.9 Å². The fourth-order valence-corrected chi connectivity index (χ4v) is 2.62. The Labute approximate surface area is 119 Å². The second-order valence-electron chi connectivity index (χ2n) is 3.66. The molecule has 0 aliphatic carbocycles. The Morgan fingerprint density at radius 2 is 2.22 bits per heavy atom. The molecule has 0 aliphatic rings. The van der Waals surface area contributed by atoms with E-state index in [0.717, 1.165) is 5.16 Å². The molecular formula is C12H10Cl2N2OS. The Bertz CT molecular complexity index is 583. The number of carbonyl (C=O) groups is 1. The van der Waals surface area contributed by atoms with Gasteiger partial charge >= 0.3 is 0 Å². The quantitative estimate of drug-likeness (QED) is 0.638. The number of nitrogens with zero attached hydrogens (tertiary/aromatic N) is 2. The van der Waals surface area contributed by atoms with Crippen LogP contribution >= 0.6 is 35.0 Å². The van der Waals surface area contributed by atoms with Crippen molar-refractivity contribution in [3.05, 3.63) is 46.2 Å². The molecule has 0 atom stereocenters. The first kappa shape index (κ1) is 13.5. The lowest BCUT2D eigenvalue weighted by Gasteiger charge is -2.04. The first-order chi connectivity index (χ1) is 8.58. The molecule has 2 aromatic rings. The van der Waals surface area contributed by atoms with Crippen LogP contribution in [0.2, 0.25) is 10.0 Å². The number of hydrogen-bond acceptors (Lipinski definition) is 3. The number of hydrogen-bond donors (Lipinski definition) is 0. The van der Waals surface area contributed by atoms with E-state index in [4.69, 9.17) is 23.2 Å². The van der Waals surface area contributed by atoms with Crippen molar-refractivity contribution in [1.82, 2.24) is 9.55 Å². The maximum Gasteiger partial charge on any atom is 0.174 e. The average Bonchev–Trinajstić information content (AvgIpc) is 2.75. The number of halogens is 2. The zero-order valence-corrected chi connectivity index (χ0v) is 11.9. The van der Waals surface area contributed by atoms with Crippen LogP contribution in [0.4, 0.5) is 0 Å². The molecule has 6 heteroatoms. The average molecular weight is 301 g/mol. The van der Waals surface area contributed by atoms with Crippen molar-refractivity contribution in [2.45, 2.75) is 5.16 Å². The van der Waals surface area contributed by atoms with Crippen LogP contribution < -0.4 is 0 Å². The highest BCUT2D eigenvalue weighted by atomic mass is 35.5. The number of benzene rings is 1. The predicted molar refractivity (Wildman–Crippen MR) is 74.7 cm³/mol. The van der Waals surface area contributed by atoms with Crippen molar-refractivity contribution >= 4 is 40.7 Å². The molecule has 0 N–H and O–H groups in total. The smallest absolute Gasteiger partial charge is 0.174 e. The van der Waals surface area contributed by atoms with E-state index in [1.807, 2.05) is 17.8 Å². The molecule has 1 aromatic heterocycles. The first-order valence-electron chi connectivity index (χ1n) is 5.16. The van der Waals surface area contributed by atoms with Crippen LogP contribution in [0, 0.1) is 0 Å². The summed E-state index contributed by atoms with van der Waals surface area (Å²) in [6.07, 6.45) is 3.53. The Hall–Kier alpha value is -0.970. The molecular weight excluding hydrogens is 291 g/mol. The van der Waals surface area contributed by atoms with Crippen molar-refractivity contribution in [2.75, 3.05) is 5.75 Å². The predicted octanol–water partition coefficient (Wildman–Crippen LogP) is 3.70. The molecule has 0 saturated carbocycles. The van der Waals surface area contributed by atoms with Crippen LogP contribution in [0.1, 0.15) is 10.4 Å². The normalized spacial score (nSPS) is 10.6. The molecule has 0 saturated heterocycles. The van der Waals surface area contributed by atoms with E-state index in [1.54, 1.807) is 24.4 Å². The Balaban J connectivity index is 2.08. The summed E-state index contributed by atoms with van der Waals surface area (Å²) in [7, 11) is 1.88. The van der Waals surface area contributed by atoms with E-state index in [2.05, 4.69) is 4.98 Å². The van der Waals surface area contributed by atoms with Gasteiger partial charge in [0.25, 0.3) is 0 Å². The molecule has 1 aromatic carbocycles. The van der Waals surface area contributed by atoms with Crippen molar-refractivity contribution in [2.24, 2.45) is 7.05 Å². The molecule has 18 heavy (non-hydrogen) atoms. The minimum Gasteiger partial charge on any atom is -0.329 e. The number of thioether (sulfide) groups is 1. The van der Waals surface area contributed by atoms with Crippen molar-refractivity contribution in [1.29, 1.82) is 0 Å². The molecule has 0 amide bonds. The molecule has 94 valence electrons. The van der Waals surface area contributed by atoms with E-state index < -0.39 is 0 Å². The van der Waals surface area contributed by atoms with Gasteiger partial charge in [0.05, 0.1) is 10.8 Å². The SMILES string of the molecule is Cn1ccnc1SCC(=O)c1cc(Cl)ccc1Cl. The number of rotatable bonds is 4. The van der Waals surface area contributed by atoms with E-state index in [1.165, 1.54) is 11.8 Å². The Kier molecular flexibility index (Phi) is 4.32. The van der Waals surface area contributed by atoms with Crippen LogP contribution in [0.15, 0.2) is 35.7 Å². The largest absolute Gasteiger partial charge is 0.329 e. The highest BCUT2D eigenvalue weighted by Gasteiger charge is 2.12. The summed E-state index contributed by atoms with van der Waals surface area (Å²) in [6.45, 7) is 0. The first-order valence-corrected chi connectivity index (χ1v) is 6.90. The minimum absolute atomic E-state index is 0.0597. The second-order valence-corrected chi connectivity index (χ2v) is 5.44. The standard InChI is InChI=1S/C12H10Cl2N2OS/c1-16-5-4-15-12(16)18-7-11(17)9-6-8(13)2-3-10(9)14/h2-6H,7H2,1H3. The number of aryl methyl sites for hydroxylation is 1. The number of Topliss-reactive ketones (excluding diaryl/α,β-unsaturated/α-hetero) is 1. The number of ketones is 1. The van der Waals surface area contributed by atoms with Gasteiger partial charge in [-0.1, -0.05) is 35.0 Å². The fourth-order valence-electron chi connectivity index (χ4n) is 1.41. The second kappa shape index (κ2) is 5.78. The van der Waals surface area contributed by atoms with Gasteiger partial charge in [-0.3, -0.25) is 4.79 Å². The summed E-state index contributed by atoms with van der Waals surface area (Å²) in [5.74, 6) is 0.223. The lowest BCUT2D eigenvalue weighted by atomic mass is 10.1. The van der Waals surface area contributed by atoms with Crippen LogP contribution in [0.25, 0.3) is 0 Å². The minimum atomic E-state index is -0.0597. The number of aromatic nitrogens is 2. The molecule has 0 fully saturated rings. The molecule has 2 rings (SSSR count). The molecule has 0 aliphatic heterocycles. The van der Waals surface area contributed by atoms with Crippen molar-refractivity contribution < 1.29 is 4.79 Å². The highest BCUT2D eigenvalue weighted by Crippen LogP contribution is 2.23. The number of carbonyl (C=O) groups excluding carboxylic acids is 1. The van der Waals surface area contributed by atoms with Crippen LogP contribution in [0.3, 0.4) is 0 Å². The third-order valence-corrected chi connectivity index (χ3v) is 3.96. The van der Waals surface area contributed by atoms with Crippen molar-refractivity contribution in [3.63, 3.8) is 0 Å². The van der Waals surface area contributed by atoms with E-state index in [9.17, 15) is 4.79 Å². The van der Waals surface area contributed by atoms with Gasteiger partial charge in [-0.25, -0.2) is 4.98 Å².